The molecule has 2 aliphatic heterocycles. The number of ether oxygens (including phenoxy) is 1. The first kappa shape index (κ1) is 16.7. The molecule has 0 radical (unpaired) electrons. The van der Waals surface area contributed by atoms with Gasteiger partial charge in [-0.3, -0.25) is 4.79 Å². The van der Waals surface area contributed by atoms with Crippen LogP contribution in [0.2, 0.25) is 0 Å². The fourth-order valence-corrected chi connectivity index (χ4v) is 4.01. The summed E-state index contributed by atoms with van der Waals surface area (Å²) >= 11 is 0. The van der Waals surface area contributed by atoms with Gasteiger partial charge in [0.1, 0.15) is 12.4 Å². The quantitative estimate of drug-likeness (QED) is 0.410. The maximum atomic E-state index is 12.9. The van der Waals surface area contributed by atoms with Crippen molar-refractivity contribution < 1.29 is 19.7 Å². The molecule has 1 aromatic carbocycles. The molecule has 2 N–H and O–H groups in total. The number of rotatable bonds is 2. The van der Waals surface area contributed by atoms with Gasteiger partial charge in [0.05, 0.1) is 29.0 Å². The van der Waals surface area contributed by atoms with E-state index in [9.17, 15) is 19.8 Å². The summed E-state index contributed by atoms with van der Waals surface area (Å²) in [7, 11) is 0. The number of phenolic OH excluding ortho intramolecular Hbond substituents is 1. The number of fused-ring (bicyclic) bond motifs is 5. The first-order valence-electron chi connectivity index (χ1n) is 8.86. The molecule has 28 heavy (non-hydrogen) atoms. The third-order valence-electron chi connectivity index (χ3n) is 5.40. The molecule has 0 amide bonds. The van der Waals surface area contributed by atoms with Gasteiger partial charge in [0.25, 0.3) is 5.56 Å². The number of carbonyl (C=O) groups excluding carboxylic acids is 1. The van der Waals surface area contributed by atoms with Gasteiger partial charge in [0, 0.05) is 22.1 Å². The van der Waals surface area contributed by atoms with E-state index in [2.05, 4.69) is 6.58 Å². The third-order valence-corrected chi connectivity index (χ3v) is 5.40. The molecule has 3 aromatic rings. The summed E-state index contributed by atoms with van der Waals surface area (Å²) in [6.07, 6.45) is 0.743. The number of pyridine rings is 2. The lowest BCUT2D eigenvalue weighted by atomic mass is 9.99. The van der Waals surface area contributed by atoms with Crippen molar-refractivity contribution in [3.8, 4) is 17.1 Å². The van der Waals surface area contributed by atoms with Gasteiger partial charge < -0.3 is 19.5 Å². The molecule has 5 rings (SSSR count). The lowest BCUT2D eigenvalue weighted by Crippen LogP contribution is -2.32. The number of aromatic nitrogens is 2. The minimum atomic E-state index is -1.47. The number of cyclic esters (lactones) is 1. The van der Waals surface area contributed by atoms with Crippen molar-refractivity contribution in [3.05, 3.63) is 69.5 Å². The second-order valence-electron chi connectivity index (χ2n) is 6.98. The van der Waals surface area contributed by atoms with Crippen molar-refractivity contribution in [2.45, 2.75) is 25.7 Å². The Labute approximate surface area is 159 Å². The smallest absolute Gasteiger partial charge is 0.340 e. The Kier molecular flexibility index (Phi) is 3.44. The normalized spacial score (nSPS) is 17.0. The number of hydrogen-bond acceptors (Lipinski definition) is 6. The Morgan fingerprint density at radius 1 is 1.32 bits per heavy atom. The summed E-state index contributed by atoms with van der Waals surface area (Å²) in [6, 6.07) is 6.90. The topological polar surface area (TPSA) is 102 Å². The fraction of sp³-hybridized carbons (Fsp3) is 0.190. The van der Waals surface area contributed by atoms with E-state index in [-0.39, 0.29) is 23.5 Å². The first-order valence-corrected chi connectivity index (χ1v) is 8.86. The molecule has 0 saturated heterocycles. The molecule has 7 heteroatoms. The van der Waals surface area contributed by atoms with Gasteiger partial charge in [-0.25, -0.2) is 9.78 Å². The number of aromatic hydroxyl groups is 1. The van der Waals surface area contributed by atoms with Gasteiger partial charge in [0.2, 0.25) is 0 Å². The number of allylic oxidation sites excluding steroid dienone is 1. The van der Waals surface area contributed by atoms with Crippen LogP contribution in [0, 0.1) is 0 Å². The molecular formula is C21H16N2O5. The number of hydrogen-bond donors (Lipinski definition) is 2. The van der Waals surface area contributed by atoms with Crippen LogP contribution in [0.25, 0.3) is 22.3 Å². The Balaban J connectivity index is 1.76. The number of phenols is 1. The van der Waals surface area contributed by atoms with Crippen molar-refractivity contribution in [2.24, 2.45) is 0 Å². The molecule has 140 valence electrons. The van der Waals surface area contributed by atoms with Crippen molar-refractivity contribution in [1.82, 2.24) is 9.55 Å². The van der Waals surface area contributed by atoms with Crippen LogP contribution in [-0.2, 0) is 29.1 Å². The molecule has 2 aliphatic rings. The molecular weight excluding hydrogens is 360 g/mol. The lowest BCUT2D eigenvalue weighted by molar-refractivity contribution is -0.157. The zero-order valence-electron chi connectivity index (χ0n) is 14.8. The van der Waals surface area contributed by atoms with Crippen molar-refractivity contribution in [3.63, 3.8) is 0 Å². The SMILES string of the molecule is C=CCc1c(O)ccc2nc3c(cc12)Cn1c-3cc2c(c1=O)COC(=O)[C@H]2O. The first-order chi connectivity index (χ1) is 13.5. The third kappa shape index (κ3) is 2.16. The van der Waals surface area contributed by atoms with E-state index in [1.807, 2.05) is 6.07 Å². The highest BCUT2D eigenvalue weighted by molar-refractivity contribution is 5.89. The maximum absolute atomic E-state index is 12.9. The number of benzene rings is 1. The highest BCUT2D eigenvalue weighted by atomic mass is 16.5. The van der Waals surface area contributed by atoms with Gasteiger partial charge >= 0.3 is 5.97 Å². The van der Waals surface area contributed by atoms with Crippen LogP contribution in [0.15, 0.2) is 41.7 Å². The minimum absolute atomic E-state index is 0.145. The summed E-state index contributed by atoms with van der Waals surface area (Å²) < 4.78 is 6.48. The van der Waals surface area contributed by atoms with Crippen LogP contribution in [-0.4, -0.2) is 25.7 Å². The van der Waals surface area contributed by atoms with E-state index in [1.54, 1.807) is 28.8 Å². The molecule has 0 unspecified atom stereocenters. The Bertz CT molecular complexity index is 1260. The lowest BCUT2D eigenvalue weighted by Gasteiger charge is -2.21. The summed E-state index contributed by atoms with van der Waals surface area (Å²) in [5.41, 5.74) is 3.73. The highest BCUT2D eigenvalue weighted by Crippen LogP contribution is 2.37. The molecule has 0 spiro atoms. The van der Waals surface area contributed by atoms with Crippen LogP contribution in [0.3, 0.4) is 0 Å². The zero-order chi connectivity index (χ0) is 19.6. The monoisotopic (exact) mass is 376 g/mol. The number of esters is 1. The van der Waals surface area contributed by atoms with E-state index >= 15 is 0 Å². The average Bonchev–Trinajstić information content (AvgIpc) is 3.04. The van der Waals surface area contributed by atoms with E-state index in [0.29, 0.717) is 35.4 Å². The van der Waals surface area contributed by atoms with Crippen LogP contribution in [0.5, 0.6) is 5.75 Å². The Morgan fingerprint density at radius 3 is 2.93 bits per heavy atom. The largest absolute Gasteiger partial charge is 0.508 e. The predicted molar refractivity (Wildman–Crippen MR) is 101 cm³/mol. The average molecular weight is 376 g/mol. The van der Waals surface area contributed by atoms with E-state index in [4.69, 9.17) is 9.72 Å². The number of carbonyl (C=O) groups is 1. The molecule has 0 saturated carbocycles. The Morgan fingerprint density at radius 2 is 2.14 bits per heavy atom. The summed E-state index contributed by atoms with van der Waals surface area (Å²) in [6.45, 7) is 3.92. The molecule has 0 bridgehead atoms. The minimum Gasteiger partial charge on any atom is -0.508 e. The van der Waals surface area contributed by atoms with E-state index in [0.717, 1.165) is 16.5 Å². The summed E-state index contributed by atoms with van der Waals surface area (Å²) in [5.74, 6) is -0.581. The maximum Gasteiger partial charge on any atom is 0.340 e. The van der Waals surface area contributed by atoms with E-state index < -0.39 is 12.1 Å². The molecule has 0 fully saturated rings. The van der Waals surface area contributed by atoms with Gasteiger partial charge in [0.15, 0.2) is 6.10 Å². The van der Waals surface area contributed by atoms with Crippen LogP contribution in [0.4, 0.5) is 0 Å². The van der Waals surface area contributed by atoms with Crippen molar-refractivity contribution in [2.75, 3.05) is 0 Å². The van der Waals surface area contributed by atoms with Crippen LogP contribution >= 0.6 is 0 Å². The number of aliphatic hydroxyl groups is 1. The Hall–Kier alpha value is -3.45. The molecule has 4 heterocycles. The second-order valence-corrected chi connectivity index (χ2v) is 6.98. The molecule has 0 aliphatic carbocycles. The van der Waals surface area contributed by atoms with Gasteiger partial charge in [-0.2, -0.15) is 0 Å². The summed E-state index contributed by atoms with van der Waals surface area (Å²) in [4.78, 5) is 29.3. The fourth-order valence-electron chi connectivity index (χ4n) is 4.01. The van der Waals surface area contributed by atoms with Crippen molar-refractivity contribution in [1.29, 1.82) is 0 Å². The van der Waals surface area contributed by atoms with E-state index in [1.165, 1.54) is 0 Å². The van der Waals surface area contributed by atoms with Gasteiger partial charge in [-0.05, 0) is 30.7 Å². The standard InChI is InChI=1S/C21H16N2O5/c1-2-3-11-12-6-10-8-23-16(18(10)22-15(12)4-5-17(11)24)7-13-14(20(23)26)9-28-21(27)19(13)25/h2,4-7,19,24-25H,1,3,8-9H2/t19-/m0/s1. The van der Waals surface area contributed by atoms with Crippen LogP contribution < -0.4 is 5.56 Å². The number of nitrogens with zero attached hydrogens (tertiary/aromatic N) is 2. The van der Waals surface area contributed by atoms with Crippen molar-refractivity contribution >= 4 is 16.9 Å². The summed E-state index contributed by atoms with van der Waals surface area (Å²) in [5, 5.41) is 21.2. The predicted octanol–water partition coefficient (Wildman–Crippen LogP) is 1.95. The zero-order valence-corrected chi connectivity index (χ0v) is 14.8. The van der Waals surface area contributed by atoms with Gasteiger partial charge in [-0.15, -0.1) is 6.58 Å². The van der Waals surface area contributed by atoms with Gasteiger partial charge in [-0.1, -0.05) is 6.08 Å². The second kappa shape index (κ2) is 5.77. The molecule has 7 nitrogen and oxygen atoms in total. The van der Waals surface area contributed by atoms with Crippen LogP contribution in [0.1, 0.15) is 28.4 Å². The number of aliphatic hydroxyl groups excluding tert-OH is 1. The highest BCUT2D eigenvalue weighted by Gasteiger charge is 2.33. The molecule has 1 atom stereocenters. The molecule has 2 aromatic heterocycles.